The first-order chi connectivity index (χ1) is 13.5. The third-order valence-electron chi connectivity index (χ3n) is 5.50. The Balaban J connectivity index is 1.34. The summed E-state index contributed by atoms with van der Waals surface area (Å²) in [7, 11) is 2.11. The Morgan fingerprint density at radius 3 is 2.46 bits per heavy atom. The minimum Gasteiger partial charge on any atom is -0.368 e. The zero-order chi connectivity index (χ0) is 19.9. The summed E-state index contributed by atoms with van der Waals surface area (Å²) in [6.45, 7) is 5.68. The number of halogens is 1. The Kier molecular flexibility index (Phi) is 7.39. The number of amides is 3. The van der Waals surface area contributed by atoms with Crippen molar-refractivity contribution in [3.63, 3.8) is 0 Å². The summed E-state index contributed by atoms with van der Waals surface area (Å²) in [6.07, 6.45) is 2.31. The Morgan fingerprint density at radius 2 is 1.79 bits per heavy atom. The van der Waals surface area contributed by atoms with Crippen LogP contribution in [0.5, 0.6) is 0 Å². The second kappa shape index (κ2) is 9.98. The molecule has 154 valence electrons. The Morgan fingerprint density at radius 1 is 1.07 bits per heavy atom. The van der Waals surface area contributed by atoms with Gasteiger partial charge in [-0.05, 0) is 56.6 Å². The second-order valence-corrected chi connectivity index (χ2v) is 8.11. The van der Waals surface area contributed by atoms with Crippen molar-refractivity contribution in [3.05, 3.63) is 29.3 Å². The van der Waals surface area contributed by atoms with Gasteiger partial charge >= 0.3 is 6.03 Å². The van der Waals surface area contributed by atoms with Crippen LogP contribution >= 0.6 is 11.6 Å². The van der Waals surface area contributed by atoms with Crippen LogP contribution in [0.2, 0.25) is 5.02 Å². The van der Waals surface area contributed by atoms with E-state index in [1.807, 2.05) is 29.2 Å². The number of nitrogens with zero attached hydrogens (tertiary/aromatic N) is 3. The number of piperazine rings is 1. The van der Waals surface area contributed by atoms with Gasteiger partial charge in [-0.1, -0.05) is 11.6 Å². The molecule has 3 amide bonds. The molecule has 2 aliphatic heterocycles. The van der Waals surface area contributed by atoms with Gasteiger partial charge in [0.1, 0.15) is 0 Å². The Labute approximate surface area is 172 Å². The number of rotatable bonds is 5. The highest BCUT2D eigenvalue weighted by molar-refractivity contribution is 6.30. The molecule has 0 radical (unpaired) electrons. The van der Waals surface area contributed by atoms with Gasteiger partial charge in [0.25, 0.3) is 0 Å². The molecule has 1 unspecified atom stereocenters. The number of benzene rings is 1. The molecule has 0 bridgehead atoms. The van der Waals surface area contributed by atoms with Crippen LogP contribution < -0.4 is 15.5 Å². The first kappa shape index (κ1) is 20.7. The standard InChI is InChI=1S/C20H30ClN5O2/c1-24-8-2-3-16(15-24)13-22-20(28)23-14-19(27)26-11-9-25(10-12-26)18-6-4-17(21)5-7-18/h4-7,16H,2-3,8-15H2,1H3,(H2,22,23,28). The maximum Gasteiger partial charge on any atom is 0.315 e. The first-order valence-corrected chi connectivity index (χ1v) is 10.4. The van der Waals surface area contributed by atoms with Gasteiger partial charge < -0.3 is 25.3 Å². The lowest BCUT2D eigenvalue weighted by molar-refractivity contribution is -0.130. The van der Waals surface area contributed by atoms with Crippen LogP contribution in [-0.2, 0) is 4.79 Å². The van der Waals surface area contributed by atoms with E-state index in [2.05, 4.69) is 27.5 Å². The molecule has 2 heterocycles. The number of carbonyl (C=O) groups is 2. The van der Waals surface area contributed by atoms with Gasteiger partial charge in [0.15, 0.2) is 0 Å². The Bertz CT molecular complexity index is 661. The fourth-order valence-corrected chi connectivity index (χ4v) is 4.00. The SMILES string of the molecule is CN1CCCC(CNC(=O)NCC(=O)N2CCN(c3ccc(Cl)cc3)CC2)C1. The first-order valence-electron chi connectivity index (χ1n) is 10.00. The smallest absolute Gasteiger partial charge is 0.315 e. The number of carbonyl (C=O) groups excluding carboxylic acids is 2. The van der Waals surface area contributed by atoms with Crippen molar-refractivity contribution in [2.75, 3.05) is 64.3 Å². The van der Waals surface area contributed by atoms with Crippen LogP contribution in [0.1, 0.15) is 12.8 Å². The molecule has 7 nitrogen and oxygen atoms in total. The summed E-state index contributed by atoms with van der Waals surface area (Å²) < 4.78 is 0. The van der Waals surface area contributed by atoms with E-state index in [0.29, 0.717) is 25.6 Å². The van der Waals surface area contributed by atoms with Crippen molar-refractivity contribution in [1.29, 1.82) is 0 Å². The molecule has 1 aromatic rings. The minimum absolute atomic E-state index is 0.0386. The molecule has 3 rings (SSSR count). The van der Waals surface area contributed by atoms with Crippen LogP contribution in [0.15, 0.2) is 24.3 Å². The zero-order valence-electron chi connectivity index (χ0n) is 16.5. The van der Waals surface area contributed by atoms with E-state index in [1.54, 1.807) is 0 Å². The van der Waals surface area contributed by atoms with Crippen molar-refractivity contribution in [2.24, 2.45) is 5.92 Å². The number of hydrogen-bond acceptors (Lipinski definition) is 4. The molecule has 28 heavy (non-hydrogen) atoms. The second-order valence-electron chi connectivity index (χ2n) is 7.68. The highest BCUT2D eigenvalue weighted by Gasteiger charge is 2.22. The molecular formula is C20H30ClN5O2. The van der Waals surface area contributed by atoms with E-state index < -0.39 is 0 Å². The van der Waals surface area contributed by atoms with Gasteiger partial charge in [-0.25, -0.2) is 4.79 Å². The van der Waals surface area contributed by atoms with Gasteiger partial charge in [0.2, 0.25) is 5.91 Å². The number of nitrogens with one attached hydrogen (secondary N) is 2. The number of anilines is 1. The maximum absolute atomic E-state index is 12.4. The average molecular weight is 408 g/mol. The monoisotopic (exact) mass is 407 g/mol. The lowest BCUT2D eigenvalue weighted by Gasteiger charge is -2.36. The van der Waals surface area contributed by atoms with Crippen molar-refractivity contribution in [3.8, 4) is 0 Å². The summed E-state index contributed by atoms with van der Waals surface area (Å²) >= 11 is 5.94. The molecule has 2 saturated heterocycles. The summed E-state index contributed by atoms with van der Waals surface area (Å²) in [5.41, 5.74) is 1.11. The van der Waals surface area contributed by atoms with Crippen LogP contribution in [0, 0.1) is 5.92 Å². The highest BCUT2D eigenvalue weighted by atomic mass is 35.5. The fraction of sp³-hybridized carbons (Fsp3) is 0.600. The molecule has 1 aromatic carbocycles. The van der Waals surface area contributed by atoms with E-state index in [9.17, 15) is 9.59 Å². The summed E-state index contributed by atoms with van der Waals surface area (Å²) in [6, 6.07) is 7.48. The average Bonchev–Trinajstić information content (AvgIpc) is 2.71. The van der Waals surface area contributed by atoms with Gasteiger partial charge in [-0.2, -0.15) is 0 Å². The van der Waals surface area contributed by atoms with E-state index in [0.717, 1.165) is 43.3 Å². The van der Waals surface area contributed by atoms with Crippen molar-refractivity contribution >= 4 is 29.2 Å². The quantitative estimate of drug-likeness (QED) is 0.778. The molecular weight excluding hydrogens is 378 g/mol. The summed E-state index contributed by atoms with van der Waals surface area (Å²) in [4.78, 5) is 30.7. The molecule has 1 atom stereocenters. The molecule has 0 saturated carbocycles. The Hall–Kier alpha value is -1.99. The number of likely N-dealkylation sites (tertiary alicyclic amines) is 1. The van der Waals surface area contributed by atoms with Crippen molar-refractivity contribution in [1.82, 2.24) is 20.4 Å². The predicted molar refractivity (Wildman–Crippen MR) is 112 cm³/mol. The van der Waals surface area contributed by atoms with Crippen LogP contribution in [-0.4, -0.2) is 81.1 Å². The zero-order valence-corrected chi connectivity index (χ0v) is 17.2. The van der Waals surface area contributed by atoms with Crippen molar-refractivity contribution in [2.45, 2.75) is 12.8 Å². The third kappa shape index (κ3) is 6.01. The predicted octanol–water partition coefficient (Wildman–Crippen LogP) is 1.63. The number of piperidine rings is 1. The van der Waals surface area contributed by atoms with Gasteiger partial charge in [-0.3, -0.25) is 4.79 Å². The fourth-order valence-electron chi connectivity index (χ4n) is 3.87. The molecule has 2 fully saturated rings. The lowest BCUT2D eigenvalue weighted by Crippen LogP contribution is -2.52. The third-order valence-corrected chi connectivity index (χ3v) is 5.75. The maximum atomic E-state index is 12.4. The molecule has 0 spiro atoms. The van der Waals surface area contributed by atoms with E-state index >= 15 is 0 Å². The van der Waals surface area contributed by atoms with Crippen LogP contribution in [0.25, 0.3) is 0 Å². The van der Waals surface area contributed by atoms with Crippen LogP contribution in [0.3, 0.4) is 0 Å². The highest BCUT2D eigenvalue weighted by Crippen LogP contribution is 2.19. The molecule has 2 aliphatic rings. The lowest BCUT2D eigenvalue weighted by atomic mass is 9.99. The summed E-state index contributed by atoms with van der Waals surface area (Å²) in [5.74, 6) is 0.449. The molecule has 8 heteroatoms. The van der Waals surface area contributed by atoms with Crippen LogP contribution in [0.4, 0.5) is 10.5 Å². The topological polar surface area (TPSA) is 67.9 Å². The number of urea groups is 1. The van der Waals surface area contributed by atoms with E-state index in [-0.39, 0.29) is 18.5 Å². The molecule has 2 N–H and O–H groups in total. The van der Waals surface area contributed by atoms with Gasteiger partial charge in [-0.15, -0.1) is 0 Å². The molecule has 0 aliphatic carbocycles. The largest absolute Gasteiger partial charge is 0.368 e. The van der Waals surface area contributed by atoms with E-state index in [4.69, 9.17) is 11.6 Å². The normalized spacial score (nSPS) is 20.7. The molecule has 0 aromatic heterocycles. The summed E-state index contributed by atoms with van der Waals surface area (Å²) in [5, 5.41) is 6.31. The minimum atomic E-state index is -0.263. The van der Waals surface area contributed by atoms with Gasteiger partial charge in [0, 0.05) is 50.0 Å². The van der Waals surface area contributed by atoms with Gasteiger partial charge in [0.05, 0.1) is 6.54 Å². The van der Waals surface area contributed by atoms with E-state index in [1.165, 1.54) is 6.42 Å². The van der Waals surface area contributed by atoms with Crippen molar-refractivity contribution < 1.29 is 9.59 Å². The number of hydrogen-bond donors (Lipinski definition) is 2.